The van der Waals surface area contributed by atoms with E-state index in [1.54, 1.807) is 13.0 Å². The number of aryl methyl sites for hydroxylation is 1. The maximum absolute atomic E-state index is 10.9. The second kappa shape index (κ2) is 2.73. The zero-order valence-corrected chi connectivity index (χ0v) is 7.44. The van der Waals surface area contributed by atoms with Gasteiger partial charge in [0.25, 0.3) is 0 Å². The van der Waals surface area contributed by atoms with E-state index in [1.165, 1.54) is 6.26 Å². The van der Waals surface area contributed by atoms with Gasteiger partial charge in [-0.3, -0.25) is 0 Å². The fourth-order valence-electron chi connectivity index (χ4n) is 1.35. The number of hydrogen-bond acceptors (Lipinski definition) is 4. The van der Waals surface area contributed by atoms with E-state index in [9.17, 15) is 4.79 Å². The molecule has 2 aromatic heterocycles. The Morgan fingerprint density at radius 2 is 2.36 bits per heavy atom. The Labute approximate surface area is 79.2 Å². The van der Waals surface area contributed by atoms with Crippen LogP contribution in [-0.2, 0) is 0 Å². The first-order chi connectivity index (χ1) is 6.61. The van der Waals surface area contributed by atoms with Crippen LogP contribution >= 0.6 is 0 Å². The van der Waals surface area contributed by atoms with Crippen LogP contribution in [0.15, 0.2) is 16.7 Å². The molecule has 0 atom stereocenters. The van der Waals surface area contributed by atoms with E-state index in [1.807, 2.05) is 0 Å². The number of furan rings is 1. The summed E-state index contributed by atoms with van der Waals surface area (Å²) in [5, 5.41) is 9.39. The molecule has 0 aliphatic rings. The average molecular weight is 192 g/mol. The number of nitrogen functional groups attached to an aromatic ring is 1. The molecule has 72 valence electrons. The van der Waals surface area contributed by atoms with Crippen LogP contribution in [0.1, 0.15) is 16.1 Å². The summed E-state index contributed by atoms with van der Waals surface area (Å²) in [6, 6.07) is 1.54. The Balaban J connectivity index is 2.93. The molecule has 2 heterocycles. The van der Waals surface area contributed by atoms with E-state index in [0.717, 1.165) is 0 Å². The van der Waals surface area contributed by atoms with Gasteiger partial charge in [-0.25, -0.2) is 9.78 Å². The van der Waals surface area contributed by atoms with Gasteiger partial charge in [0.2, 0.25) is 5.71 Å². The van der Waals surface area contributed by atoms with Crippen molar-refractivity contribution in [2.75, 3.05) is 5.73 Å². The first-order valence-electron chi connectivity index (χ1n) is 3.98. The first kappa shape index (κ1) is 8.55. The molecule has 0 bridgehead atoms. The number of aromatic carboxylic acids is 1. The lowest BCUT2D eigenvalue weighted by Gasteiger charge is -2.03. The predicted octanol–water partition coefficient (Wildman–Crippen LogP) is 1.42. The van der Waals surface area contributed by atoms with E-state index in [-0.39, 0.29) is 11.3 Å². The van der Waals surface area contributed by atoms with Crippen LogP contribution in [-0.4, -0.2) is 16.1 Å². The molecule has 0 aliphatic heterocycles. The number of carboxylic acid groups (broad SMARTS) is 1. The Kier molecular flexibility index (Phi) is 1.67. The van der Waals surface area contributed by atoms with E-state index < -0.39 is 5.97 Å². The van der Waals surface area contributed by atoms with Crippen molar-refractivity contribution in [3.8, 4) is 0 Å². The fourth-order valence-corrected chi connectivity index (χ4v) is 1.35. The Bertz CT molecular complexity index is 516. The number of pyridine rings is 1. The van der Waals surface area contributed by atoms with E-state index >= 15 is 0 Å². The second-order valence-corrected chi connectivity index (χ2v) is 2.93. The van der Waals surface area contributed by atoms with Crippen LogP contribution < -0.4 is 5.73 Å². The topological polar surface area (TPSA) is 89.3 Å². The third-order valence-corrected chi connectivity index (χ3v) is 2.06. The Morgan fingerprint density at radius 1 is 1.64 bits per heavy atom. The van der Waals surface area contributed by atoms with Gasteiger partial charge in [0, 0.05) is 0 Å². The van der Waals surface area contributed by atoms with E-state index in [4.69, 9.17) is 15.3 Å². The van der Waals surface area contributed by atoms with Crippen LogP contribution in [0.4, 0.5) is 5.69 Å². The van der Waals surface area contributed by atoms with Gasteiger partial charge < -0.3 is 15.3 Å². The SMILES string of the molecule is Cc1nc2occc2c(C(=O)O)c1N. The van der Waals surface area contributed by atoms with Gasteiger partial charge in [0.1, 0.15) is 0 Å². The quantitative estimate of drug-likeness (QED) is 0.713. The Hall–Kier alpha value is -2.04. The Morgan fingerprint density at radius 3 is 3.00 bits per heavy atom. The number of nitrogens with zero attached hydrogens (tertiary/aromatic N) is 1. The smallest absolute Gasteiger partial charge is 0.338 e. The summed E-state index contributed by atoms with van der Waals surface area (Å²) in [4.78, 5) is 15.0. The van der Waals surface area contributed by atoms with E-state index in [2.05, 4.69) is 4.98 Å². The first-order valence-corrected chi connectivity index (χ1v) is 3.98. The van der Waals surface area contributed by atoms with Crippen molar-refractivity contribution in [1.82, 2.24) is 4.98 Å². The summed E-state index contributed by atoms with van der Waals surface area (Å²) >= 11 is 0. The highest BCUT2D eigenvalue weighted by atomic mass is 16.4. The molecule has 2 aromatic rings. The molecular formula is C9H8N2O3. The normalized spacial score (nSPS) is 10.6. The van der Waals surface area contributed by atoms with E-state index in [0.29, 0.717) is 16.8 Å². The number of hydrogen-bond donors (Lipinski definition) is 2. The fraction of sp³-hybridized carbons (Fsp3) is 0.111. The predicted molar refractivity (Wildman–Crippen MR) is 50.1 cm³/mol. The molecular weight excluding hydrogens is 184 g/mol. The number of anilines is 1. The van der Waals surface area contributed by atoms with Crippen LogP contribution in [0.5, 0.6) is 0 Å². The third kappa shape index (κ3) is 1.02. The molecule has 0 aromatic carbocycles. The largest absolute Gasteiger partial charge is 0.478 e. The minimum atomic E-state index is -1.07. The molecule has 0 aliphatic carbocycles. The number of carbonyl (C=O) groups is 1. The highest BCUT2D eigenvalue weighted by molar-refractivity contribution is 6.06. The zero-order chi connectivity index (χ0) is 10.3. The number of aromatic nitrogens is 1. The lowest BCUT2D eigenvalue weighted by Crippen LogP contribution is -2.06. The molecule has 5 heteroatoms. The standard InChI is InChI=1S/C9H8N2O3/c1-4-7(10)6(9(12)13)5-2-3-14-8(5)11-4/h2-3H,10H2,1H3,(H,12,13). The average Bonchev–Trinajstić information content (AvgIpc) is 2.52. The second-order valence-electron chi connectivity index (χ2n) is 2.93. The number of nitrogens with two attached hydrogens (primary N) is 1. The number of fused-ring (bicyclic) bond motifs is 1. The van der Waals surface area contributed by atoms with Crippen LogP contribution in [0.3, 0.4) is 0 Å². The van der Waals surface area contributed by atoms with Crippen molar-refractivity contribution in [2.45, 2.75) is 6.92 Å². The molecule has 0 amide bonds. The van der Waals surface area contributed by atoms with Gasteiger partial charge in [-0.2, -0.15) is 0 Å². The molecule has 14 heavy (non-hydrogen) atoms. The molecule has 0 fully saturated rings. The summed E-state index contributed by atoms with van der Waals surface area (Å²) in [6.45, 7) is 1.64. The molecule has 3 N–H and O–H groups in total. The van der Waals surface area contributed by atoms with Crippen molar-refractivity contribution in [3.05, 3.63) is 23.6 Å². The summed E-state index contributed by atoms with van der Waals surface area (Å²) in [5.74, 6) is -1.07. The highest BCUT2D eigenvalue weighted by Crippen LogP contribution is 2.25. The van der Waals surface area contributed by atoms with Crippen molar-refractivity contribution in [2.24, 2.45) is 0 Å². The summed E-state index contributed by atoms with van der Waals surface area (Å²) < 4.78 is 5.01. The molecule has 0 saturated carbocycles. The molecule has 0 spiro atoms. The lowest BCUT2D eigenvalue weighted by atomic mass is 10.1. The monoisotopic (exact) mass is 192 g/mol. The van der Waals surface area contributed by atoms with Crippen molar-refractivity contribution in [1.29, 1.82) is 0 Å². The molecule has 0 saturated heterocycles. The van der Waals surface area contributed by atoms with Crippen molar-refractivity contribution >= 4 is 22.8 Å². The molecule has 2 rings (SSSR count). The van der Waals surface area contributed by atoms with Gasteiger partial charge in [0.05, 0.1) is 28.6 Å². The van der Waals surface area contributed by atoms with Crippen LogP contribution in [0, 0.1) is 6.92 Å². The van der Waals surface area contributed by atoms with Crippen molar-refractivity contribution < 1.29 is 14.3 Å². The lowest BCUT2D eigenvalue weighted by molar-refractivity contribution is 0.0700. The zero-order valence-electron chi connectivity index (χ0n) is 7.44. The van der Waals surface area contributed by atoms with Gasteiger partial charge in [0.15, 0.2) is 0 Å². The van der Waals surface area contributed by atoms with Crippen LogP contribution in [0.2, 0.25) is 0 Å². The van der Waals surface area contributed by atoms with Crippen molar-refractivity contribution in [3.63, 3.8) is 0 Å². The van der Waals surface area contributed by atoms with Gasteiger partial charge in [-0.1, -0.05) is 0 Å². The van der Waals surface area contributed by atoms with Gasteiger partial charge in [-0.15, -0.1) is 0 Å². The number of rotatable bonds is 1. The molecule has 0 radical (unpaired) electrons. The third-order valence-electron chi connectivity index (χ3n) is 2.06. The van der Waals surface area contributed by atoms with Gasteiger partial charge in [-0.05, 0) is 13.0 Å². The summed E-state index contributed by atoms with van der Waals surface area (Å²) in [7, 11) is 0. The summed E-state index contributed by atoms with van der Waals surface area (Å²) in [6.07, 6.45) is 1.39. The minimum absolute atomic E-state index is 0.0567. The highest BCUT2D eigenvalue weighted by Gasteiger charge is 2.17. The molecule has 0 unspecified atom stereocenters. The minimum Gasteiger partial charge on any atom is -0.478 e. The number of carboxylic acids is 1. The molecule has 5 nitrogen and oxygen atoms in total. The maximum Gasteiger partial charge on any atom is 0.338 e. The maximum atomic E-state index is 10.9. The van der Waals surface area contributed by atoms with Crippen LogP contribution in [0.25, 0.3) is 11.1 Å². The summed E-state index contributed by atoms with van der Waals surface area (Å²) in [5.41, 5.74) is 6.63. The van der Waals surface area contributed by atoms with Gasteiger partial charge >= 0.3 is 5.97 Å².